The number of ether oxygens (including phenoxy) is 3. The number of sulfonamides is 1. The second-order valence-electron chi connectivity index (χ2n) is 12.3. The molecule has 274 valence electrons. The van der Waals surface area contributed by atoms with E-state index >= 15 is 4.39 Å². The number of benzene rings is 3. The second kappa shape index (κ2) is 16.2. The van der Waals surface area contributed by atoms with Crippen molar-refractivity contribution in [1.29, 1.82) is 0 Å². The number of halogens is 4. The Hall–Kier alpha value is -4.60. The number of nitrogens with one attached hydrogen (secondary N) is 1. The zero-order valence-corrected chi connectivity index (χ0v) is 31.3. The van der Waals surface area contributed by atoms with E-state index in [1.54, 1.807) is 71.3 Å². The van der Waals surface area contributed by atoms with Gasteiger partial charge in [0.1, 0.15) is 27.8 Å². The molecule has 1 N–H and O–H groups in total. The molecule has 1 heterocycles. The summed E-state index contributed by atoms with van der Waals surface area (Å²) in [6.07, 6.45) is 1.11. The number of carbonyl (C=O) groups excluding carboxylic acids is 1. The second-order valence-corrected chi connectivity index (χ2v) is 14.9. The average Bonchev–Trinajstić information content (AvgIpc) is 3.07. The van der Waals surface area contributed by atoms with Gasteiger partial charge in [0.05, 0.1) is 55.2 Å². The topological polar surface area (TPSA) is 126 Å². The van der Waals surface area contributed by atoms with Gasteiger partial charge < -0.3 is 29.3 Å². The van der Waals surface area contributed by atoms with Crippen LogP contribution in [0.1, 0.15) is 26.3 Å². The van der Waals surface area contributed by atoms with Crippen LogP contribution in [0.3, 0.4) is 0 Å². The molecule has 51 heavy (non-hydrogen) atoms. The molecule has 0 fully saturated rings. The van der Waals surface area contributed by atoms with Crippen LogP contribution in [0, 0.1) is 11.6 Å². The highest BCUT2D eigenvalue weighted by molar-refractivity contribution is 7.92. The van der Waals surface area contributed by atoms with Crippen LogP contribution in [0.2, 0.25) is 10.0 Å². The predicted octanol–water partition coefficient (Wildman–Crippen LogP) is 7.52. The van der Waals surface area contributed by atoms with Gasteiger partial charge in [0.25, 0.3) is 10.0 Å². The number of anilines is 4. The minimum Gasteiger partial charge on any atom is -0.497 e. The van der Waals surface area contributed by atoms with Crippen LogP contribution in [0.4, 0.5) is 36.6 Å². The van der Waals surface area contributed by atoms with E-state index < -0.39 is 50.7 Å². The van der Waals surface area contributed by atoms with Crippen molar-refractivity contribution in [2.45, 2.75) is 37.8 Å². The van der Waals surface area contributed by atoms with E-state index in [4.69, 9.17) is 37.4 Å². The molecule has 1 amide bonds. The van der Waals surface area contributed by atoms with Gasteiger partial charge in [-0.2, -0.15) is 0 Å². The molecule has 0 saturated carbocycles. The lowest BCUT2D eigenvalue weighted by molar-refractivity contribution is 0.0303. The van der Waals surface area contributed by atoms with E-state index in [1.165, 1.54) is 19.1 Å². The number of likely N-dealkylation sites (N-methyl/N-ethyl adjacent to an activating group) is 2. The fourth-order valence-electron chi connectivity index (χ4n) is 4.70. The van der Waals surface area contributed by atoms with Crippen LogP contribution >= 0.6 is 23.2 Å². The maximum absolute atomic E-state index is 16.0. The summed E-state index contributed by atoms with van der Waals surface area (Å²) >= 11 is 12.9. The van der Waals surface area contributed by atoms with E-state index in [0.29, 0.717) is 40.8 Å². The minimum atomic E-state index is -4.77. The Kier molecular flexibility index (Phi) is 12.4. The lowest BCUT2D eigenvalue weighted by atomic mass is 10.2. The molecule has 4 rings (SSSR count). The summed E-state index contributed by atoms with van der Waals surface area (Å²) in [7, 11) is 1.48. The van der Waals surface area contributed by atoms with Gasteiger partial charge in [-0.1, -0.05) is 23.2 Å². The summed E-state index contributed by atoms with van der Waals surface area (Å²) in [6, 6.07) is 11.6. The molecule has 12 nitrogen and oxygen atoms in total. The van der Waals surface area contributed by atoms with Crippen molar-refractivity contribution in [2.24, 2.45) is 0 Å². The van der Waals surface area contributed by atoms with Gasteiger partial charge in [-0.25, -0.2) is 36.3 Å². The van der Waals surface area contributed by atoms with E-state index in [2.05, 4.69) is 15.3 Å². The van der Waals surface area contributed by atoms with Gasteiger partial charge >= 0.3 is 6.09 Å². The van der Waals surface area contributed by atoms with E-state index in [0.717, 1.165) is 28.8 Å². The molecule has 17 heteroatoms. The molecular formula is C34H38Cl2F2N6O6S. The number of aromatic nitrogens is 2. The molecule has 1 aromatic heterocycles. The van der Waals surface area contributed by atoms with Gasteiger partial charge in [0, 0.05) is 49.9 Å². The van der Waals surface area contributed by atoms with Crippen LogP contribution in [-0.4, -0.2) is 76.4 Å². The molecular weight excluding hydrogens is 729 g/mol. The summed E-state index contributed by atoms with van der Waals surface area (Å²) < 4.78 is 74.8. The normalized spacial score (nSPS) is 11.5. The van der Waals surface area contributed by atoms with Crippen LogP contribution in [-0.2, 0) is 21.3 Å². The van der Waals surface area contributed by atoms with Crippen molar-refractivity contribution in [1.82, 2.24) is 14.9 Å². The van der Waals surface area contributed by atoms with Crippen LogP contribution in [0.5, 0.6) is 11.5 Å². The number of hydrogen-bond acceptors (Lipinski definition) is 10. The third-order valence-corrected chi connectivity index (χ3v) is 9.63. The highest BCUT2D eigenvalue weighted by Crippen LogP contribution is 2.37. The van der Waals surface area contributed by atoms with Gasteiger partial charge in [0.2, 0.25) is 5.95 Å². The first-order valence-electron chi connectivity index (χ1n) is 15.4. The summed E-state index contributed by atoms with van der Waals surface area (Å²) in [6.45, 7) is 5.59. The number of carbonyl (C=O) groups is 1. The quantitative estimate of drug-likeness (QED) is 0.146. The molecule has 0 saturated heterocycles. The Morgan fingerprint density at radius 1 is 0.922 bits per heavy atom. The third kappa shape index (κ3) is 9.80. The van der Waals surface area contributed by atoms with Gasteiger partial charge in [0.15, 0.2) is 5.82 Å². The Balaban J connectivity index is 1.65. The van der Waals surface area contributed by atoms with Gasteiger partial charge in [-0.15, -0.1) is 0 Å². The lowest BCUT2D eigenvalue weighted by Gasteiger charge is -2.28. The van der Waals surface area contributed by atoms with Gasteiger partial charge in [-0.05, 0) is 57.2 Å². The zero-order valence-electron chi connectivity index (χ0n) is 29.0. The lowest BCUT2D eigenvalue weighted by Crippen LogP contribution is -2.38. The molecule has 0 bridgehead atoms. The van der Waals surface area contributed by atoms with E-state index in [9.17, 15) is 17.6 Å². The maximum atomic E-state index is 16.0. The standard InChI is InChI=1S/C34H38Cl2F2N6O6S/c1-34(2,3)50-33(45)43(5)13-12-42(4)29-14-22(35)9-11-27(29)41-28-17-26(38)31(16-25(28)36)51(46,47)44(32-39-18-23(37)19-40-32)20-21-8-10-24(48-6)15-30(21)49-7/h8-11,14-19,41H,12-13,20H2,1-7H3. The summed E-state index contributed by atoms with van der Waals surface area (Å²) in [5.41, 5.74) is 0.809. The zero-order chi connectivity index (χ0) is 37.7. The molecule has 0 radical (unpaired) electrons. The fraction of sp³-hybridized carbons (Fsp3) is 0.324. The highest BCUT2D eigenvalue weighted by Gasteiger charge is 2.32. The third-order valence-electron chi connectivity index (χ3n) is 7.34. The SMILES string of the molecule is COc1ccc(CN(c2ncc(F)cn2)S(=O)(=O)c2cc(Cl)c(Nc3ccc(Cl)cc3N(C)CCN(C)C(=O)OC(C)(C)C)cc2F)c(OC)c1. The molecule has 0 spiro atoms. The van der Waals surface area contributed by atoms with Crippen molar-refractivity contribution in [3.05, 3.63) is 88.2 Å². The van der Waals surface area contributed by atoms with Crippen molar-refractivity contribution in [3.8, 4) is 11.5 Å². The van der Waals surface area contributed by atoms with E-state index in [-0.39, 0.29) is 16.5 Å². The first-order valence-corrected chi connectivity index (χ1v) is 17.5. The number of rotatable bonds is 13. The fourth-order valence-corrected chi connectivity index (χ4v) is 6.57. The van der Waals surface area contributed by atoms with Crippen molar-refractivity contribution in [3.63, 3.8) is 0 Å². The first-order chi connectivity index (χ1) is 23.9. The number of methoxy groups -OCH3 is 2. The molecule has 0 unspecified atom stereocenters. The Morgan fingerprint density at radius 3 is 2.24 bits per heavy atom. The van der Waals surface area contributed by atoms with Crippen LogP contribution in [0.15, 0.2) is 65.8 Å². The molecule has 0 aliphatic heterocycles. The Bertz CT molecular complexity index is 1980. The molecule has 0 aliphatic rings. The largest absolute Gasteiger partial charge is 0.497 e. The van der Waals surface area contributed by atoms with Crippen molar-refractivity contribution < 1.29 is 36.2 Å². The molecule has 0 atom stereocenters. The van der Waals surface area contributed by atoms with Crippen LogP contribution in [0.25, 0.3) is 0 Å². The summed E-state index contributed by atoms with van der Waals surface area (Å²) in [5, 5.41) is 3.34. The van der Waals surface area contributed by atoms with E-state index in [1.807, 2.05) is 4.90 Å². The molecule has 3 aromatic carbocycles. The molecule has 0 aliphatic carbocycles. The summed E-state index contributed by atoms with van der Waals surface area (Å²) in [5.74, 6) is -1.64. The first kappa shape index (κ1) is 39.2. The predicted molar refractivity (Wildman–Crippen MR) is 193 cm³/mol. The smallest absolute Gasteiger partial charge is 0.410 e. The number of amides is 1. The van der Waals surface area contributed by atoms with Gasteiger partial charge in [-0.3, -0.25) is 0 Å². The number of hydrogen-bond donors (Lipinski definition) is 1. The van der Waals surface area contributed by atoms with Crippen LogP contribution < -0.4 is 24.0 Å². The highest BCUT2D eigenvalue weighted by atomic mass is 35.5. The average molecular weight is 768 g/mol. The maximum Gasteiger partial charge on any atom is 0.410 e. The van der Waals surface area contributed by atoms with Crippen molar-refractivity contribution >= 4 is 62.3 Å². The Morgan fingerprint density at radius 2 is 1.61 bits per heavy atom. The summed E-state index contributed by atoms with van der Waals surface area (Å²) in [4.78, 5) is 22.6. The molecule has 4 aromatic rings. The minimum absolute atomic E-state index is 0.0531. The number of nitrogens with zero attached hydrogens (tertiary/aromatic N) is 5. The monoisotopic (exact) mass is 766 g/mol. The van der Waals surface area contributed by atoms with Crippen molar-refractivity contribution in [2.75, 3.05) is 55.9 Å². The Labute approximate surface area is 305 Å².